The number of morpholine rings is 1. The highest BCUT2D eigenvalue weighted by molar-refractivity contribution is 6.32. The van der Waals surface area contributed by atoms with E-state index in [9.17, 15) is 18.4 Å². The Bertz CT molecular complexity index is 735. The molecule has 0 spiro atoms. The van der Waals surface area contributed by atoms with Crippen molar-refractivity contribution in [3.05, 3.63) is 23.2 Å². The number of anilines is 1. The van der Waals surface area contributed by atoms with Gasteiger partial charge in [0.15, 0.2) is 0 Å². The lowest BCUT2D eigenvalue weighted by Gasteiger charge is -2.33. The van der Waals surface area contributed by atoms with Gasteiger partial charge in [-0.2, -0.15) is 8.78 Å². The van der Waals surface area contributed by atoms with Crippen molar-refractivity contribution in [3.8, 4) is 5.75 Å². The van der Waals surface area contributed by atoms with Crippen LogP contribution in [0.2, 0.25) is 5.02 Å². The molecule has 1 saturated carbocycles. The summed E-state index contributed by atoms with van der Waals surface area (Å²) in [5.74, 6) is -0.303. The summed E-state index contributed by atoms with van der Waals surface area (Å²) < 4.78 is 34.3. The van der Waals surface area contributed by atoms with Crippen LogP contribution in [0.1, 0.15) is 38.5 Å². The Kier molecular flexibility index (Phi) is 7.29. The van der Waals surface area contributed by atoms with Gasteiger partial charge in [-0.25, -0.2) is 0 Å². The van der Waals surface area contributed by atoms with Gasteiger partial charge < -0.3 is 19.7 Å². The van der Waals surface area contributed by atoms with Gasteiger partial charge in [0.1, 0.15) is 5.75 Å². The second kappa shape index (κ2) is 9.71. The minimum atomic E-state index is -2.97. The quantitative estimate of drug-likeness (QED) is 0.707. The molecule has 0 bridgehead atoms. The van der Waals surface area contributed by atoms with Crippen LogP contribution in [0.4, 0.5) is 14.5 Å². The number of carbonyl (C=O) groups excluding carboxylic acids is 2. The minimum absolute atomic E-state index is 0.0128. The molecule has 3 rings (SSSR count). The Morgan fingerprint density at radius 3 is 2.52 bits per heavy atom. The van der Waals surface area contributed by atoms with E-state index in [1.165, 1.54) is 18.2 Å². The van der Waals surface area contributed by atoms with Gasteiger partial charge in [0.05, 0.1) is 18.2 Å². The van der Waals surface area contributed by atoms with Gasteiger partial charge in [0.2, 0.25) is 11.8 Å². The molecule has 9 heteroatoms. The number of hydrogen-bond acceptors (Lipinski definition) is 4. The fourth-order valence-corrected chi connectivity index (χ4v) is 4.33. The Balaban J connectivity index is 1.60. The molecule has 0 atom stereocenters. The van der Waals surface area contributed by atoms with Crippen molar-refractivity contribution >= 4 is 29.1 Å². The average Bonchev–Trinajstić information content (AvgIpc) is 3.12. The Morgan fingerprint density at radius 1 is 1.21 bits per heavy atom. The maximum atomic E-state index is 12.7. The molecule has 1 aliphatic heterocycles. The van der Waals surface area contributed by atoms with Gasteiger partial charge in [0.25, 0.3) is 0 Å². The van der Waals surface area contributed by atoms with E-state index in [0.29, 0.717) is 38.4 Å². The third-order valence-corrected chi connectivity index (χ3v) is 5.82. The minimum Gasteiger partial charge on any atom is -0.433 e. The third-order valence-electron chi connectivity index (χ3n) is 5.52. The van der Waals surface area contributed by atoms with Gasteiger partial charge in [-0.3, -0.25) is 9.59 Å². The van der Waals surface area contributed by atoms with Crippen LogP contribution in [0.15, 0.2) is 18.2 Å². The van der Waals surface area contributed by atoms with E-state index in [1.807, 2.05) is 4.90 Å². The van der Waals surface area contributed by atoms with E-state index >= 15 is 0 Å². The monoisotopic (exact) mass is 430 g/mol. The zero-order valence-corrected chi connectivity index (χ0v) is 16.9. The highest BCUT2D eigenvalue weighted by Crippen LogP contribution is 2.44. The summed E-state index contributed by atoms with van der Waals surface area (Å²) in [6.45, 7) is -0.699. The van der Waals surface area contributed by atoms with Crippen LogP contribution in [0.5, 0.6) is 5.75 Å². The smallest absolute Gasteiger partial charge is 0.387 e. The molecule has 29 heavy (non-hydrogen) atoms. The van der Waals surface area contributed by atoms with Gasteiger partial charge in [-0.1, -0.05) is 24.4 Å². The van der Waals surface area contributed by atoms with Gasteiger partial charge >= 0.3 is 6.61 Å². The van der Waals surface area contributed by atoms with Crippen molar-refractivity contribution < 1.29 is 27.8 Å². The molecule has 1 saturated heterocycles. The lowest BCUT2D eigenvalue weighted by atomic mass is 9.78. The number of hydrogen-bond donors (Lipinski definition) is 1. The summed E-state index contributed by atoms with van der Waals surface area (Å²) in [5.41, 5.74) is 0.0522. The number of ether oxygens (including phenoxy) is 2. The predicted molar refractivity (Wildman–Crippen MR) is 104 cm³/mol. The molecule has 1 N–H and O–H groups in total. The van der Waals surface area contributed by atoms with Crippen molar-refractivity contribution in [3.63, 3.8) is 0 Å². The molecule has 0 aromatic heterocycles. The van der Waals surface area contributed by atoms with Crippen molar-refractivity contribution in [2.24, 2.45) is 5.41 Å². The molecule has 160 valence electrons. The number of amides is 2. The summed E-state index contributed by atoms with van der Waals surface area (Å²) >= 11 is 5.94. The van der Waals surface area contributed by atoms with Crippen LogP contribution < -0.4 is 10.1 Å². The number of alkyl halides is 2. The highest BCUT2D eigenvalue weighted by atomic mass is 35.5. The van der Waals surface area contributed by atoms with E-state index in [1.54, 1.807) is 0 Å². The lowest BCUT2D eigenvalue weighted by Crippen LogP contribution is -2.43. The number of carbonyl (C=O) groups is 2. The summed E-state index contributed by atoms with van der Waals surface area (Å²) in [6, 6.07) is 4.12. The maximum Gasteiger partial charge on any atom is 0.387 e. The molecule has 1 heterocycles. The maximum absolute atomic E-state index is 12.7. The second-order valence-electron chi connectivity index (χ2n) is 7.63. The van der Waals surface area contributed by atoms with Crippen LogP contribution in [0, 0.1) is 5.41 Å². The normalized spacial score (nSPS) is 18.7. The highest BCUT2D eigenvalue weighted by Gasteiger charge is 2.39. The van der Waals surface area contributed by atoms with Crippen molar-refractivity contribution in [2.75, 3.05) is 31.6 Å². The second-order valence-corrected chi connectivity index (χ2v) is 8.03. The standard InChI is InChI=1S/C20H25ClF2N2O4/c21-15-11-14(3-4-16(15)29-19(22)23)24-17(26)12-20(5-1-2-6-20)13-18(27)25-7-9-28-10-8-25/h3-4,11,19H,1-2,5-10,12-13H2,(H,24,26). The van der Waals surface area contributed by atoms with Gasteiger partial charge in [-0.15, -0.1) is 0 Å². The van der Waals surface area contributed by atoms with Gasteiger partial charge in [0, 0.05) is 31.6 Å². The van der Waals surface area contributed by atoms with Crippen LogP contribution in [0.3, 0.4) is 0 Å². The molecule has 1 aromatic rings. The fourth-order valence-electron chi connectivity index (χ4n) is 4.10. The molecule has 6 nitrogen and oxygen atoms in total. The topological polar surface area (TPSA) is 67.9 Å². The number of benzene rings is 1. The Morgan fingerprint density at radius 2 is 1.90 bits per heavy atom. The zero-order valence-electron chi connectivity index (χ0n) is 16.1. The van der Waals surface area contributed by atoms with Crippen molar-refractivity contribution in [2.45, 2.75) is 45.1 Å². The van der Waals surface area contributed by atoms with E-state index in [-0.39, 0.29) is 34.4 Å². The molecule has 1 aliphatic carbocycles. The largest absolute Gasteiger partial charge is 0.433 e. The fraction of sp³-hybridized carbons (Fsp3) is 0.600. The van der Waals surface area contributed by atoms with Crippen molar-refractivity contribution in [1.29, 1.82) is 0 Å². The summed E-state index contributed by atoms with van der Waals surface area (Å²) in [5, 5.41) is 2.74. The Hall–Kier alpha value is -1.93. The van der Waals surface area contributed by atoms with Crippen LogP contribution in [-0.2, 0) is 14.3 Å². The molecule has 2 amide bonds. The van der Waals surface area contributed by atoms with E-state index in [2.05, 4.69) is 10.1 Å². The number of halogens is 3. The number of rotatable bonds is 7. The molecule has 0 unspecified atom stereocenters. The number of nitrogens with one attached hydrogen (secondary N) is 1. The van der Waals surface area contributed by atoms with Crippen LogP contribution in [-0.4, -0.2) is 49.6 Å². The molecule has 0 radical (unpaired) electrons. The average molecular weight is 431 g/mol. The van der Waals surface area contributed by atoms with Gasteiger partial charge in [-0.05, 0) is 36.5 Å². The van der Waals surface area contributed by atoms with Crippen molar-refractivity contribution in [1.82, 2.24) is 4.90 Å². The first-order chi connectivity index (χ1) is 13.9. The Labute approximate surface area is 173 Å². The van der Waals surface area contributed by atoms with E-state index < -0.39 is 6.61 Å². The first kappa shape index (κ1) is 21.8. The molecular formula is C20H25ClF2N2O4. The first-order valence-electron chi connectivity index (χ1n) is 9.77. The lowest BCUT2D eigenvalue weighted by molar-refractivity contribution is -0.138. The molecule has 2 fully saturated rings. The predicted octanol–water partition coefficient (Wildman–Crippen LogP) is 4.08. The van der Waals surface area contributed by atoms with E-state index in [0.717, 1.165) is 25.7 Å². The molecule has 1 aromatic carbocycles. The van der Waals surface area contributed by atoms with E-state index in [4.69, 9.17) is 16.3 Å². The third kappa shape index (κ3) is 6.02. The number of nitrogens with zero attached hydrogens (tertiary/aromatic N) is 1. The summed E-state index contributed by atoms with van der Waals surface area (Å²) in [7, 11) is 0. The first-order valence-corrected chi connectivity index (χ1v) is 10.1. The molecular weight excluding hydrogens is 406 g/mol. The van der Waals surface area contributed by atoms with Crippen LogP contribution in [0.25, 0.3) is 0 Å². The summed E-state index contributed by atoms with van der Waals surface area (Å²) in [6.07, 6.45) is 4.24. The summed E-state index contributed by atoms with van der Waals surface area (Å²) in [4.78, 5) is 27.2. The molecule has 2 aliphatic rings. The SMILES string of the molecule is O=C(CC1(CC(=O)N2CCOCC2)CCCC1)Nc1ccc(OC(F)F)c(Cl)c1. The zero-order chi connectivity index (χ0) is 20.9. The van der Waals surface area contributed by atoms with Crippen LogP contribution >= 0.6 is 11.6 Å².